The van der Waals surface area contributed by atoms with Gasteiger partial charge in [-0.05, 0) is 79.5 Å². The lowest BCUT2D eigenvalue weighted by atomic mass is 9.68. The first-order valence-corrected chi connectivity index (χ1v) is 13.3. The Bertz CT molecular complexity index is 1360. The second-order valence-corrected chi connectivity index (χ2v) is 11.6. The van der Waals surface area contributed by atoms with Crippen LogP contribution in [0.4, 0.5) is 10.5 Å². The lowest BCUT2D eigenvalue weighted by molar-refractivity contribution is 0.181. The Labute approximate surface area is 200 Å². The van der Waals surface area contributed by atoms with Gasteiger partial charge in [0.2, 0.25) is 10.0 Å². The number of sulfonamides is 1. The fraction of sp³-hybridized carbons (Fsp3) is 0.370. The Balaban J connectivity index is 1.57. The van der Waals surface area contributed by atoms with Crippen LogP contribution < -0.4 is 4.90 Å². The summed E-state index contributed by atoms with van der Waals surface area (Å²) in [5.74, 6) is 0. The molecule has 2 heterocycles. The average Bonchev–Trinajstić information content (AvgIpc) is 3.38. The van der Waals surface area contributed by atoms with Crippen LogP contribution >= 0.6 is 0 Å². The first-order valence-electron chi connectivity index (χ1n) is 11.9. The predicted octanol–water partition coefficient (Wildman–Crippen LogP) is 5.05. The Morgan fingerprint density at radius 2 is 1.79 bits per heavy atom. The van der Waals surface area contributed by atoms with Crippen LogP contribution in [0.3, 0.4) is 0 Å². The molecule has 0 unspecified atom stereocenters. The fourth-order valence-electron chi connectivity index (χ4n) is 6.59. The average molecular weight is 477 g/mol. The van der Waals surface area contributed by atoms with Crippen molar-refractivity contribution in [1.29, 1.82) is 0 Å². The zero-order valence-electron chi connectivity index (χ0n) is 19.5. The molecule has 6 rings (SSSR count). The molecular formula is C27H28N2O4S. The number of aryl methyl sites for hydroxylation is 1. The standard InChI is InChI=1S/C27H28N2O4S/c1-18-11-13-19(14-12-18)34(31,32)29-16-15-27-22-9-5-6-10-24(22)28(26(30)33-2)17-23(27)20-7-3-4-8-21(20)25(27)29/h5-6,9-14,17,25H,3-4,7-8,15-16H2,1-2H3/t25-,27-/m0/s1. The van der Waals surface area contributed by atoms with Gasteiger partial charge in [0.05, 0.1) is 23.7 Å². The number of amides is 1. The van der Waals surface area contributed by atoms with Crippen molar-refractivity contribution in [3.8, 4) is 0 Å². The van der Waals surface area contributed by atoms with Crippen LogP contribution in [0.15, 0.2) is 76.3 Å². The molecule has 2 aliphatic heterocycles. The number of carbonyl (C=O) groups excluding carboxylic acids is 1. The number of anilines is 1. The molecule has 176 valence electrons. The Morgan fingerprint density at radius 1 is 1.06 bits per heavy atom. The maximum Gasteiger partial charge on any atom is 0.418 e. The molecule has 6 nitrogen and oxygen atoms in total. The number of ether oxygens (including phenoxy) is 1. The minimum Gasteiger partial charge on any atom is -0.452 e. The maximum atomic E-state index is 14.0. The number of rotatable bonds is 2. The molecule has 2 aliphatic carbocycles. The van der Waals surface area contributed by atoms with E-state index in [1.54, 1.807) is 21.3 Å². The van der Waals surface area contributed by atoms with Gasteiger partial charge in [0, 0.05) is 18.2 Å². The molecule has 1 amide bonds. The molecule has 0 saturated carbocycles. The highest BCUT2D eigenvalue weighted by Crippen LogP contribution is 2.63. The van der Waals surface area contributed by atoms with Gasteiger partial charge in [0.25, 0.3) is 0 Å². The van der Waals surface area contributed by atoms with E-state index in [0.717, 1.165) is 48.1 Å². The highest BCUT2D eigenvalue weighted by molar-refractivity contribution is 7.89. The third-order valence-electron chi connectivity index (χ3n) is 8.03. The summed E-state index contributed by atoms with van der Waals surface area (Å²) in [6, 6.07) is 14.8. The van der Waals surface area contributed by atoms with Gasteiger partial charge in [-0.15, -0.1) is 0 Å². The second-order valence-electron chi connectivity index (χ2n) is 9.66. The number of fused-ring (bicyclic) bond motifs is 3. The number of allylic oxidation sites excluding steroid dienone is 1. The van der Waals surface area contributed by atoms with E-state index >= 15 is 0 Å². The number of nitrogens with zero attached hydrogens (tertiary/aromatic N) is 2. The van der Waals surface area contributed by atoms with E-state index in [2.05, 4.69) is 6.07 Å². The number of carbonyl (C=O) groups is 1. The van der Waals surface area contributed by atoms with Crippen LogP contribution in [0, 0.1) is 6.92 Å². The molecule has 7 heteroatoms. The van der Waals surface area contributed by atoms with Gasteiger partial charge in [-0.1, -0.05) is 35.9 Å². The molecule has 1 saturated heterocycles. The summed E-state index contributed by atoms with van der Waals surface area (Å²) in [4.78, 5) is 14.7. The number of para-hydroxylation sites is 1. The molecule has 0 bridgehead atoms. The molecule has 34 heavy (non-hydrogen) atoms. The molecule has 1 spiro atoms. The van der Waals surface area contributed by atoms with Gasteiger partial charge in [-0.25, -0.2) is 13.2 Å². The molecule has 2 aromatic carbocycles. The number of hydrogen-bond acceptors (Lipinski definition) is 4. The predicted molar refractivity (Wildman–Crippen MR) is 130 cm³/mol. The number of benzene rings is 2. The molecular weight excluding hydrogens is 448 g/mol. The molecule has 4 aliphatic rings. The molecule has 2 aromatic rings. The van der Waals surface area contributed by atoms with Gasteiger partial charge in [0.15, 0.2) is 0 Å². The van der Waals surface area contributed by atoms with Crippen LogP contribution in [0.1, 0.15) is 43.2 Å². The maximum absolute atomic E-state index is 14.0. The van der Waals surface area contributed by atoms with Gasteiger partial charge >= 0.3 is 6.09 Å². The summed E-state index contributed by atoms with van der Waals surface area (Å²) < 4.78 is 34.8. The number of hydrogen-bond donors (Lipinski definition) is 0. The van der Waals surface area contributed by atoms with Gasteiger partial charge in [0.1, 0.15) is 0 Å². The summed E-state index contributed by atoms with van der Waals surface area (Å²) in [7, 11) is -2.30. The number of methoxy groups -OCH3 is 1. The van der Waals surface area contributed by atoms with E-state index < -0.39 is 21.5 Å². The lowest BCUT2D eigenvalue weighted by Gasteiger charge is -2.41. The van der Waals surface area contributed by atoms with Crippen LogP contribution in [-0.4, -0.2) is 38.5 Å². The van der Waals surface area contributed by atoms with Gasteiger partial charge < -0.3 is 4.74 Å². The summed E-state index contributed by atoms with van der Waals surface area (Å²) in [5, 5.41) is 0. The van der Waals surface area contributed by atoms with Crippen LogP contribution in [0.25, 0.3) is 0 Å². The van der Waals surface area contributed by atoms with E-state index in [4.69, 9.17) is 4.74 Å². The van der Waals surface area contributed by atoms with Crippen LogP contribution in [0.2, 0.25) is 0 Å². The minimum atomic E-state index is -3.69. The molecule has 1 fully saturated rings. The second kappa shape index (κ2) is 7.55. The van der Waals surface area contributed by atoms with E-state index in [1.807, 2.05) is 43.5 Å². The first-order chi connectivity index (χ1) is 16.4. The van der Waals surface area contributed by atoms with Crippen LogP contribution in [0.5, 0.6) is 0 Å². The highest BCUT2D eigenvalue weighted by Gasteiger charge is 2.62. The summed E-state index contributed by atoms with van der Waals surface area (Å²) in [5.41, 5.74) is 5.91. The summed E-state index contributed by atoms with van der Waals surface area (Å²) in [6.07, 6.45) is 6.11. The summed E-state index contributed by atoms with van der Waals surface area (Å²) >= 11 is 0. The van der Waals surface area contributed by atoms with Crippen molar-refractivity contribution in [2.24, 2.45) is 0 Å². The Kier molecular flexibility index (Phi) is 4.80. The quantitative estimate of drug-likeness (QED) is 0.608. The van der Waals surface area contributed by atoms with Crippen molar-refractivity contribution < 1.29 is 17.9 Å². The lowest BCUT2D eigenvalue weighted by Crippen LogP contribution is -2.46. The van der Waals surface area contributed by atoms with Crippen molar-refractivity contribution in [2.45, 2.75) is 55.4 Å². The summed E-state index contributed by atoms with van der Waals surface area (Å²) in [6.45, 7) is 2.40. The monoisotopic (exact) mass is 476 g/mol. The normalized spacial score (nSPS) is 25.9. The van der Waals surface area contributed by atoms with Crippen molar-refractivity contribution in [3.05, 3.63) is 82.6 Å². The van der Waals surface area contributed by atoms with Crippen molar-refractivity contribution in [3.63, 3.8) is 0 Å². The minimum absolute atomic E-state index is 0.263. The first kappa shape index (κ1) is 21.6. The molecule has 0 aromatic heterocycles. The zero-order chi connectivity index (χ0) is 23.7. The molecule has 0 radical (unpaired) electrons. The van der Waals surface area contributed by atoms with E-state index in [1.165, 1.54) is 18.3 Å². The third kappa shape index (κ3) is 2.77. The largest absolute Gasteiger partial charge is 0.452 e. The molecule has 2 atom stereocenters. The van der Waals surface area contributed by atoms with Gasteiger partial charge in [-0.2, -0.15) is 4.31 Å². The van der Waals surface area contributed by atoms with Crippen molar-refractivity contribution in [2.75, 3.05) is 18.6 Å². The van der Waals surface area contributed by atoms with Crippen LogP contribution in [-0.2, 0) is 20.2 Å². The van der Waals surface area contributed by atoms with Crippen molar-refractivity contribution >= 4 is 21.8 Å². The van der Waals surface area contributed by atoms with Gasteiger partial charge in [-0.3, -0.25) is 4.90 Å². The van der Waals surface area contributed by atoms with E-state index in [-0.39, 0.29) is 6.04 Å². The molecule has 0 N–H and O–H groups in total. The Morgan fingerprint density at radius 3 is 2.56 bits per heavy atom. The SMILES string of the molecule is COC(=O)N1C=C2C3=C(CCCC3)[C@@H]3N(S(=O)(=O)c4ccc(C)cc4)CC[C@]23c2ccccc21. The van der Waals surface area contributed by atoms with E-state index in [9.17, 15) is 13.2 Å². The topological polar surface area (TPSA) is 66.9 Å². The third-order valence-corrected chi connectivity index (χ3v) is 9.91. The Hall–Kier alpha value is -2.90. The van der Waals surface area contributed by atoms with Crippen molar-refractivity contribution in [1.82, 2.24) is 4.31 Å². The van der Waals surface area contributed by atoms with E-state index in [0.29, 0.717) is 17.9 Å². The fourth-order valence-corrected chi connectivity index (χ4v) is 8.26. The zero-order valence-corrected chi connectivity index (χ0v) is 20.3. The highest BCUT2D eigenvalue weighted by atomic mass is 32.2. The smallest absolute Gasteiger partial charge is 0.418 e.